The van der Waals surface area contributed by atoms with Crippen molar-refractivity contribution in [3.05, 3.63) is 59.7 Å². The predicted molar refractivity (Wildman–Crippen MR) is 110 cm³/mol. The summed E-state index contributed by atoms with van der Waals surface area (Å²) in [7, 11) is 0. The summed E-state index contributed by atoms with van der Waals surface area (Å²) in [5.41, 5.74) is 4.65. The number of rotatable bonds is 7. The molecule has 0 heterocycles. The minimum absolute atomic E-state index is 0.719. The molecule has 1 heteroatoms. The summed E-state index contributed by atoms with van der Waals surface area (Å²) in [5, 5.41) is 8.92. The van der Waals surface area contributed by atoms with Crippen LogP contribution in [0.25, 0.3) is 11.1 Å². The Kier molecular flexibility index (Phi) is 6.89. The minimum atomic E-state index is 0.719. The molecule has 2 aromatic rings. The van der Waals surface area contributed by atoms with Gasteiger partial charge < -0.3 is 0 Å². The smallest absolute Gasteiger partial charge is 0.0991 e. The van der Waals surface area contributed by atoms with Crippen LogP contribution in [0.3, 0.4) is 0 Å². The van der Waals surface area contributed by atoms with Gasteiger partial charge in [0.25, 0.3) is 0 Å². The Balaban J connectivity index is 1.52. The first kappa shape index (κ1) is 18.7. The first-order chi connectivity index (χ1) is 12.8. The fraction of sp³-hybridized carbons (Fsp3) is 0.480. The maximum atomic E-state index is 8.92. The number of nitrogens with zero attached hydrogens (tertiary/aromatic N) is 1. The fourth-order valence-corrected chi connectivity index (χ4v) is 4.33. The van der Waals surface area contributed by atoms with E-state index >= 15 is 0 Å². The molecule has 1 saturated carbocycles. The van der Waals surface area contributed by atoms with Crippen LogP contribution in [0, 0.1) is 17.2 Å². The maximum absolute atomic E-state index is 8.92. The van der Waals surface area contributed by atoms with Crippen LogP contribution >= 0.6 is 0 Å². The molecule has 0 aromatic heterocycles. The normalized spacial score (nSPS) is 19.8. The van der Waals surface area contributed by atoms with E-state index in [1.165, 1.54) is 74.5 Å². The number of unbranched alkanes of at least 4 members (excludes halogenated alkanes) is 3. The Hall–Kier alpha value is -2.07. The van der Waals surface area contributed by atoms with Crippen molar-refractivity contribution in [2.45, 2.75) is 70.6 Å². The molecule has 2 aromatic carbocycles. The summed E-state index contributed by atoms with van der Waals surface area (Å²) in [6, 6.07) is 19.2. The van der Waals surface area contributed by atoms with Crippen LogP contribution in [-0.4, -0.2) is 0 Å². The van der Waals surface area contributed by atoms with Crippen molar-refractivity contribution in [2.75, 3.05) is 0 Å². The number of hydrogen-bond acceptors (Lipinski definition) is 1. The highest BCUT2D eigenvalue weighted by molar-refractivity contribution is 5.64. The highest BCUT2D eigenvalue weighted by Crippen LogP contribution is 2.38. The summed E-state index contributed by atoms with van der Waals surface area (Å²) in [6.07, 6.45) is 12.6. The summed E-state index contributed by atoms with van der Waals surface area (Å²) in [4.78, 5) is 0. The lowest BCUT2D eigenvalue weighted by Gasteiger charge is -2.29. The molecule has 0 atom stereocenters. The first-order valence-electron chi connectivity index (χ1n) is 10.4. The molecule has 1 aliphatic carbocycles. The lowest BCUT2D eigenvalue weighted by atomic mass is 9.77. The van der Waals surface area contributed by atoms with Crippen LogP contribution in [0.2, 0.25) is 0 Å². The third-order valence-electron chi connectivity index (χ3n) is 6.04. The van der Waals surface area contributed by atoms with Crippen LogP contribution in [0.5, 0.6) is 0 Å². The Morgan fingerprint density at radius 1 is 0.808 bits per heavy atom. The average molecular weight is 346 g/mol. The van der Waals surface area contributed by atoms with E-state index in [0.717, 1.165) is 17.4 Å². The Bertz CT molecular complexity index is 697. The second-order valence-electron chi connectivity index (χ2n) is 7.88. The highest BCUT2D eigenvalue weighted by Gasteiger charge is 2.22. The lowest BCUT2D eigenvalue weighted by molar-refractivity contribution is 0.302. The monoisotopic (exact) mass is 345 g/mol. The van der Waals surface area contributed by atoms with Gasteiger partial charge in [0.2, 0.25) is 0 Å². The van der Waals surface area contributed by atoms with Crippen LogP contribution in [0.1, 0.15) is 81.8 Å². The third kappa shape index (κ3) is 4.98. The number of hydrogen-bond donors (Lipinski definition) is 0. The van der Waals surface area contributed by atoms with Gasteiger partial charge in [-0.25, -0.2) is 0 Å². The van der Waals surface area contributed by atoms with E-state index in [1.54, 1.807) is 0 Å². The van der Waals surface area contributed by atoms with Crippen molar-refractivity contribution in [1.29, 1.82) is 5.26 Å². The van der Waals surface area contributed by atoms with E-state index in [9.17, 15) is 0 Å². The van der Waals surface area contributed by atoms with Crippen LogP contribution in [0.4, 0.5) is 0 Å². The standard InChI is InChI=1S/C25H31N/c1-2-3-4-5-6-20-7-11-22(12-8-20)24-15-17-25(18-16-24)23-13-9-21(19-26)10-14-23/h9-10,13-18,20,22H,2-8,11-12H2,1H3/t20-,22-. The Labute approximate surface area is 159 Å². The summed E-state index contributed by atoms with van der Waals surface area (Å²) in [5.74, 6) is 1.72. The van der Waals surface area contributed by atoms with Crippen LogP contribution in [-0.2, 0) is 0 Å². The molecule has 0 aliphatic heterocycles. The third-order valence-corrected chi connectivity index (χ3v) is 6.04. The summed E-state index contributed by atoms with van der Waals surface area (Å²) in [6.45, 7) is 2.29. The molecule has 0 saturated heterocycles. The van der Waals surface area contributed by atoms with Crippen molar-refractivity contribution >= 4 is 0 Å². The van der Waals surface area contributed by atoms with Gasteiger partial charge >= 0.3 is 0 Å². The second kappa shape index (κ2) is 9.58. The molecule has 0 spiro atoms. The quantitative estimate of drug-likeness (QED) is 0.477. The zero-order chi connectivity index (χ0) is 18.2. The number of benzene rings is 2. The van der Waals surface area contributed by atoms with Crippen molar-refractivity contribution in [3.8, 4) is 17.2 Å². The Morgan fingerprint density at radius 3 is 2.00 bits per heavy atom. The molecular formula is C25H31N. The van der Waals surface area contributed by atoms with Crippen LogP contribution in [0.15, 0.2) is 48.5 Å². The van der Waals surface area contributed by atoms with E-state index in [0.29, 0.717) is 0 Å². The van der Waals surface area contributed by atoms with Gasteiger partial charge in [0, 0.05) is 0 Å². The van der Waals surface area contributed by atoms with E-state index in [-0.39, 0.29) is 0 Å². The van der Waals surface area contributed by atoms with E-state index in [1.807, 2.05) is 24.3 Å². The molecule has 0 bridgehead atoms. The predicted octanol–water partition coefficient (Wildman–Crippen LogP) is 7.47. The minimum Gasteiger partial charge on any atom is -0.192 e. The van der Waals surface area contributed by atoms with Crippen molar-refractivity contribution < 1.29 is 0 Å². The van der Waals surface area contributed by atoms with Gasteiger partial charge in [-0.05, 0) is 66.3 Å². The van der Waals surface area contributed by atoms with Gasteiger partial charge in [-0.15, -0.1) is 0 Å². The molecular weight excluding hydrogens is 314 g/mol. The molecule has 1 nitrogen and oxygen atoms in total. The SMILES string of the molecule is CCCCCC[C@H]1CC[C@H](c2ccc(-c3ccc(C#N)cc3)cc2)CC1. The molecule has 0 N–H and O–H groups in total. The van der Waals surface area contributed by atoms with Gasteiger partial charge in [-0.1, -0.05) is 75.4 Å². The van der Waals surface area contributed by atoms with Crippen molar-refractivity contribution in [2.24, 2.45) is 5.92 Å². The fourth-order valence-electron chi connectivity index (χ4n) is 4.33. The number of nitriles is 1. The van der Waals surface area contributed by atoms with E-state index in [4.69, 9.17) is 5.26 Å². The zero-order valence-electron chi connectivity index (χ0n) is 16.1. The average Bonchev–Trinajstić information content (AvgIpc) is 2.72. The summed E-state index contributed by atoms with van der Waals surface area (Å²) < 4.78 is 0. The van der Waals surface area contributed by atoms with E-state index in [2.05, 4.69) is 37.3 Å². The van der Waals surface area contributed by atoms with Gasteiger partial charge in [0.1, 0.15) is 0 Å². The molecule has 26 heavy (non-hydrogen) atoms. The van der Waals surface area contributed by atoms with E-state index < -0.39 is 0 Å². The largest absolute Gasteiger partial charge is 0.192 e. The molecule has 0 radical (unpaired) electrons. The first-order valence-corrected chi connectivity index (χ1v) is 10.4. The molecule has 1 aliphatic rings. The molecule has 136 valence electrons. The molecule has 1 fully saturated rings. The topological polar surface area (TPSA) is 23.8 Å². The van der Waals surface area contributed by atoms with Gasteiger partial charge in [0.05, 0.1) is 11.6 Å². The van der Waals surface area contributed by atoms with Gasteiger partial charge in [-0.3, -0.25) is 0 Å². The molecule has 0 amide bonds. The highest BCUT2D eigenvalue weighted by atomic mass is 14.3. The molecule has 0 unspecified atom stereocenters. The van der Waals surface area contributed by atoms with Crippen molar-refractivity contribution in [1.82, 2.24) is 0 Å². The van der Waals surface area contributed by atoms with Crippen LogP contribution < -0.4 is 0 Å². The van der Waals surface area contributed by atoms with Gasteiger partial charge in [0.15, 0.2) is 0 Å². The zero-order valence-corrected chi connectivity index (χ0v) is 16.1. The lowest BCUT2D eigenvalue weighted by Crippen LogP contribution is -2.13. The van der Waals surface area contributed by atoms with Crippen molar-refractivity contribution in [3.63, 3.8) is 0 Å². The second-order valence-corrected chi connectivity index (χ2v) is 7.88. The Morgan fingerprint density at radius 2 is 1.42 bits per heavy atom. The molecule has 3 rings (SSSR count). The van der Waals surface area contributed by atoms with Gasteiger partial charge in [-0.2, -0.15) is 5.26 Å². The maximum Gasteiger partial charge on any atom is 0.0991 e. The summed E-state index contributed by atoms with van der Waals surface area (Å²) >= 11 is 0.